The largest absolute Gasteiger partial charge is 0.464 e. The quantitative estimate of drug-likeness (QED) is 0.772. The lowest BCUT2D eigenvalue weighted by Crippen LogP contribution is -2.55. The van der Waals surface area contributed by atoms with Crippen molar-refractivity contribution in [3.63, 3.8) is 0 Å². The van der Waals surface area contributed by atoms with Gasteiger partial charge in [0.15, 0.2) is 0 Å². The molecule has 0 unspecified atom stereocenters. The first-order valence-electron chi connectivity index (χ1n) is 7.18. The normalized spacial score (nSPS) is 32.4. The van der Waals surface area contributed by atoms with E-state index in [1.165, 1.54) is 4.90 Å². The van der Waals surface area contributed by atoms with Crippen LogP contribution in [0.15, 0.2) is 0 Å². The van der Waals surface area contributed by atoms with Crippen molar-refractivity contribution in [1.82, 2.24) is 4.90 Å². The van der Waals surface area contributed by atoms with E-state index in [1.54, 1.807) is 6.92 Å². The third kappa shape index (κ3) is 2.75. The van der Waals surface area contributed by atoms with Crippen LogP contribution in [-0.4, -0.2) is 47.3 Å². The Morgan fingerprint density at radius 1 is 1.30 bits per heavy atom. The Morgan fingerprint density at radius 2 is 1.95 bits per heavy atom. The standard InChI is InChI=1S/C14H24N2O4/c1-5-19-12(17)11-9-6-8(7-10(9)15)16(11)13(18)20-14(2,3)4/h8-11H,5-7,15H2,1-4H3/t8-,9+,10-,11-/m0/s1. The summed E-state index contributed by atoms with van der Waals surface area (Å²) in [5, 5.41) is 0. The number of piperidine rings is 1. The molecular weight excluding hydrogens is 260 g/mol. The monoisotopic (exact) mass is 284 g/mol. The molecule has 1 saturated heterocycles. The number of esters is 1. The number of carbonyl (C=O) groups excluding carboxylic acids is 2. The second kappa shape index (κ2) is 5.24. The molecule has 20 heavy (non-hydrogen) atoms. The predicted octanol–water partition coefficient (Wildman–Crippen LogP) is 1.27. The maximum Gasteiger partial charge on any atom is 0.411 e. The highest BCUT2D eigenvalue weighted by Gasteiger charge is 2.56. The fourth-order valence-electron chi connectivity index (χ4n) is 3.19. The van der Waals surface area contributed by atoms with E-state index in [0.717, 1.165) is 12.8 Å². The van der Waals surface area contributed by atoms with Crippen molar-refractivity contribution >= 4 is 12.1 Å². The molecular formula is C14H24N2O4. The van der Waals surface area contributed by atoms with Crippen LogP contribution in [0.1, 0.15) is 40.5 Å². The minimum absolute atomic E-state index is 0.0146. The molecule has 2 aliphatic rings. The van der Waals surface area contributed by atoms with E-state index in [-0.39, 0.29) is 24.0 Å². The zero-order chi connectivity index (χ0) is 15.1. The number of ether oxygens (including phenoxy) is 2. The molecule has 114 valence electrons. The van der Waals surface area contributed by atoms with E-state index in [1.807, 2.05) is 20.8 Å². The van der Waals surface area contributed by atoms with Crippen LogP contribution in [0, 0.1) is 5.92 Å². The smallest absolute Gasteiger partial charge is 0.411 e. The fourth-order valence-corrected chi connectivity index (χ4v) is 3.19. The number of rotatable bonds is 2. The topological polar surface area (TPSA) is 81.9 Å². The van der Waals surface area contributed by atoms with Crippen molar-refractivity contribution in [3.05, 3.63) is 0 Å². The van der Waals surface area contributed by atoms with Gasteiger partial charge in [-0.1, -0.05) is 0 Å². The zero-order valence-corrected chi connectivity index (χ0v) is 12.6. The lowest BCUT2D eigenvalue weighted by Gasteiger charge is -2.37. The Labute approximate surface area is 119 Å². The molecule has 2 fully saturated rings. The van der Waals surface area contributed by atoms with Crippen LogP contribution in [0.2, 0.25) is 0 Å². The summed E-state index contributed by atoms with van der Waals surface area (Å²) < 4.78 is 10.5. The van der Waals surface area contributed by atoms with Gasteiger partial charge >= 0.3 is 12.1 Å². The zero-order valence-electron chi connectivity index (χ0n) is 12.6. The second-order valence-electron chi connectivity index (χ2n) is 6.54. The van der Waals surface area contributed by atoms with Gasteiger partial charge in [0, 0.05) is 18.0 Å². The van der Waals surface area contributed by atoms with Crippen LogP contribution in [0.3, 0.4) is 0 Å². The number of amides is 1. The summed E-state index contributed by atoms with van der Waals surface area (Å²) in [6.07, 6.45) is 1.03. The molecule has 6 heteroatoms. The molecule has 0 spiro atoms. The molecule has 2 N–H and O–H groups in total. The summed E-state index contributed by atoms with van der Waals surface area (Å²) >= 11 is 0. The molecule has 0 aromatic carbocycles. The highest BCUT2D eigenvalue weighted by molar-refractivity contribution is 5.83. The molecule has 2 bridgehead atoms. The van der Waals surface area contributed by atoms with E-state index < -0.39 is 17.7 Å². The summed E-state index contributed by atoms with van der Waals surface area (Å²) in [5.41, 5.74) is 5.46. The van der Waals surface area contributed by atoms with Crippen molar-refractivity contribution in [2.75, 3.05) is 6.61 Å². The molecule has 1 heterocycles. The van der Waals surface area contributed by atoms with Crippen molar-refractivity contribution in [2.45, 2.75) is 64.3 Å². The first kappa shape index (κ1) is 15.1. The number of likely N-dealkylation sites (tertiary alicyclic amines) is 1. The van der Waals surface area contributed by atoms with Crippen LogP contribution in [0.25, 0.3) is 0 Å². The maximum absolute atomic E-state index is 12.3. The van der Waals surface area contributed by atoms with Gasteiger partial charge in [0.2, 0.25) is 0 Å². The number of carbonyl (C=O) groups is 2. The van der Waals surface area contributed by atoms with Crippen molar-refractivity contribution in [2.24, 2.45) is 11.7 Å². The van der Waals surface area contributed by atoms with Crippen LogP contribution >= 0.6 is 0 Å². The molecule has 1 aliphatic carbocycles. The van der Waals surface area contributed by atoms with Gasteiger partial charge in [0.1, 0.15) is 11.6 Å². The minimum Gasteiger partial charge on any atom is -0.464 e. The van der Waals surface area contributed by atoms with E-state index in [2.05, 4.69) is 0 Å². The van der Waals surface area contributed by atoms with E-state index >= 15 is 0 Å². The molecule has 2 rings (SSSR count). The fraction of sp³-hybridized carbons (Fsp3) is 0.857. The second-order valence-corrected chi connectivity index (χ2v) is 6.54. The first-order chi connectivity index (χ1) is 9.24. The van der Waals surface area contributed by atoms with Gasteiger partial charge in [-0.25, -0.2) is 9.59 Å². The number of nitrogens with two attached hydrogens (primary N) is 1. The Hall–Kier alpha value is -1.30. The summed E-state index contributed by atoms with van der Waals surface area (Å²) in [7, 11) is 0. The third-order valence-electron chi connectivity index (χ3n) is 3.87. The average Bonchev–Trinajstić information content (AvgIpc) is 2.82. The van der Waals surface area contributed by atoms with Gasteiger partial charge in [-0.3, -0.25) is 4.90 Å². The third-order valence-corrected chi connectivity index (χ3v) is 3.87. The van der Waals surface area contributed by atoms with Crippen LogP contribution < -0.4 is 5.73 Å². The van der Waals surface area contributed by atoms with Gasteiger partial charge in [0.25, 0.3) is 0 Å². The van der Waals surface area contributed by atoms with Crippen LogP contribution in [0.4, 0.5) is 4.79 Å². The molecule has 0 aromatic rings. The summed E-state index contributed by atoms with van der Waals surface area (Å²) in [6.45, 7) is 7.48. The van der Waals surface area contributed by atoms with E-state index in [9.17, 15) is 9.59 Å². The van der Waals surface area contributed by atoms with Gasteiger partial charge < -0.3 is 15.2 Å². The van der Waals surface area contributed by atoms with Crippen molar-refractivity contribution in [3.8, 4) is 0 Å². The summed E-state index contributed by atoms with van der Waals surface area (Å²) in [4.78, 5) is 26.0. The number of hydrogen-bond acceptors (Lipinski definition) is 5. The minimum atomic E-state index is -0.599. The van der Waals surface area contributed by atoms with Gasteiger partial charge in [-0.05, 0) is 40.5 Å². The Bertz CT molecular complexity index is 404. The molecule has 6 nitrogen and oxygen atoms in total. The Kier molecular flexibility index (Phi) is 3.95. The molecule has 1 amide bonds. The summed E-state index contributed by atoms with van der Waals surface area (Å²) in [5.74, 6) is -0.396. The molecule has 1 aliphatic heterocycles. The highest BCUT2D eigenvalue weighted by Crippen LogP contribution is 2.42. The van der Waals surface area contributed by atoms with E-state index in [0.29, 0.717) is 6.61 Å². The van der Waals surface area contributed by atoms with Crippen molar-refractivity contribution < 1.29 is 19.1 Å². The van der Waals surface area contributed by atoms with Gasteiger partial charge in [-0.15, -0.1) is 0 Å². The predicted molar refractivity (Wildman–Crippen MR) is 73.0 cm³/mol. The Morgan fingerprint density at radius 3 is 2.50 bits per heavy atom. The summed E-state index contributed by atoms with van der Waals surface area (Å²) in [6, 6.07) is -0.661. The SMILES string of the molecule is CCOC(=O)[C@@H]1[C@@H]2C[C@@H](C[C@@H]2N)N1C(=O)OC(C)(C)C. The number of hydrogen-bond donors (Lipinski definition) is 1. The lowest BCUT2D eigenvalue weighted by atomic mass is 9.94. The Balaban J connectivity index is 2.17. The number of nitrogens with zero attached hydrogens (tertiary/aromatic N) is 1. The number of fused-ring (bicyclic) bond motifs is 2. The van der Waals surface area contributed by atoms with Crippen LogP contribution in [0.5, 0.6) is 0 Å². The maximum atomic E-state index is 12.3. The van der Waals surface area contributed by atoms with Crippen molar-refractivity contribution in [1.29, 1.82) is 0 Å². The van der Waals surface area contributed by atoms with E-state index in [4.69, 9.17) is 15.2 Å². The molecule has 4 atom stereocenters. The van der Waals surface area contributed by atoms with Crippen LogP contribution in [-0.2, 0) is 14.3 Å². The van der Waals surface area contributed by atoms with Gasteiger partial charge in [0.05, 0.1) is 6.61 Å². The molecule has 0 aromatic heterocycles. The molecule has 0 radical (unpaired) electrons. The first-order valence-corrected chi connectivity index (χ1v) is 7.18. The lowest BCUT2D eigenvalue weighted by molar-refractivity contribution is -0.151. The highest BCUT2D eigenvalue weighted by atomic mass is 16.6. The van der Waals surface area contributed by atoms with Gasteiger partial charge in [-0.2, -0.15) is 0 Å². The average molecular weight is 284 g/mol. The molecule has 1 saturated carbocycles.